The Labute approximate surface area is 109 Å². The van der Waals surface area contributed by atoms with Crippen molar-refractivity contribution in [3.05, 3.63) is 30.3 Å². The van der Waals surface area contributed by atoms with Gasteiger partial charge in [0.1, 0.15) is 0 Å². The van der Waals surface area contributed by atoms with E-state index in [-0.39, 0.29) is 5.91 Å². The maximum Gasteiger partial charge on any atom is 0.234 e. The lowest BCUT2D eigenvalue weighted by atomic mass is 10.3. The van der Waals surface area contributed by atoms with Crippen molar-refractivity contribution in [2.45, 2.75) is 19.9 Å². The third-order valence-corrected chi connectivity index (χ3v) is 2.64. The summed E-state index contributed by atoms with van der Waals surface area (Å²) in [5, 5.41) is 5.98. The standard InChI is InChI=1S/C14H23N3O/c1-12(2)16-11-14(18)15-9-10-17(3)13-7-5-4-6-8-13/h4-8,12,16H,9-11H2,1-3H3,(H,15,18). The normalized spacial score (nSPS) is 10.4. The molecule has 4 nitrogen and oxygen atoms in total. The Morgan fingerprint density at radius 2 is 1.94 bits per heavy atom. The maximum atomic E-state index is 11.5. The molecule has 0 spiro atoms. The van der Waals surface area contributed by atoms with E-state index in [9.17, 15) is 4.79 Å². The molecular weight excluding hydrogens is 226 g/mol. The van der Waals surface area contributed by atoms with E-state index in [1.807, 2.05) is 39.1 Å². The first-order valence-electron chi connectivity index (χ1n) is 6.36. The molecule has 0 aromatic heterocycles. The van der Waals surface area contributed by atoms with E-state index in [1.165, 1.54) is 0 Å². The number of carbonyl (C=O) groups excluding carboxylic acids is 1. The third-order valence-electron chi connectivity index (χ3n) is 2.64. The largest absolute Gasteiger partial charge is 0.373 e. The minimum Gasteiger partial charge on any atom is -0.373 e. The van der Waals surface area contributed by atoms with Crippen molar-refractivity contribution in [3.63, 3.8) is 0 Å². The molecule has 0 saturated carbocycles. The van der Waals surface area contributed by atoms with Gasteiger partial charge in [-0.25, -0.2) is 0 Å². The molecule has 0 heterocycles. The van der Waals surface area contributed by atoms with Crippen LogP contribution in [0.5, 0.6) is 0 Å². The summed E-state index contributed by atoms with van der Waals surface area (Å²) in [6, 6.07) is 10.5. The fraction of sp³-hybridized carbons (Fsp3) is 0.500. The van der Waals surface area contributed by atoms with Crippen molar-refractivity contribution in [3.8, 4) is 0 Å². The molecule has 1 amide bonds. The number of likely N-dealkylation sites (N-methyl/N-ethyl adjacent to an activating group) is 1. The van der Waals surface area contributed by atoms with Gasteiger partial charge in [0, 0.05) is 31.9 Å². The Balaban J connectivity index is 2.19. The van der Waals surface area contributed by atoms with Crippen LogP contribution < -0.4 is 15.5 Å². The van der Waals surface area contributed by atoms with Gasteiger partial charge in [0.05, 0.1) is 6.54 Å². The van der Waals surface area contributed by atoms with Gasteiger partial charge in [-0.3, -0.25) is 4.79 Å². The van der Waals surface area contributed by atoms with Gasteiger partial charge in [0.25, 0.3) is 0 Å². The summed E-state index contributed by atoms with van der Waals surface area (Å²) in [5.74, 6) is 0.0464. The topological polar surface area (TPSA) is 44.4 Å². The number of rotatable bonds is 7. The monoisotopic (exact) mass is 249 g/mol. The highest BCUT2D eigenvalue weighted by Gasteiger charge is 2.03. The summed E-state index contributed by atoms with van der Waals surface area (Å²) < 4.78 is 0. The molecule has 4 heteroatoms. The number of amides is 1. The highest BCUT2D eigenvalue weighted by atomic mass is 16.1. The van der Waals surface area contributed by atoms with Crippen LogP contribution in [0.2, 0.25) is 0 Å². The SMILES string of the molecule is CC(C)NCC(=O)NCCN(C)c1ccccc1. The van der Waals surface area contributed by atoms with E-state index >= 15 is 0 Å². The van der Waals surface area contributed by atoms with Crippen LogP contribution in [0.1, 0.15) is 13.8 Å². The molecule has 0 aliphatic heterocycles. The Hall–Kier alpha value is -1.55. The van der Waals surface area contributed by atoms with Gasteiger partial charge in [-0.15, -0.1) is 0 Å². The van der Waals surface area contributed by atoms with Crippen LogP contribution in [-0.4, -0.2) is 38.6 Å². The van der Waals surface area contributed by atoms with Crippen molar-refractivity contribution in [2.75, 3.05) is 31.6 Å². The number of benzene rings is 1. The van der Waals surface area contributed by atoms with Crippen LogP contribution in [0.25, 0.3) is 0 Å². The van der Waals surface area contributed by atoms with E-state index < -0.39 is 0 Å². The van der Waals surface area contributed by atoms with Crippen molar-refractivity contribution in [2.24, 2.45) is 0 Å². The van der Waals surface area contributed by atoms with Crippen LogP contribution in [0.15, 0.2) is 30.3 Å². The lowest BCUT2D eigenvalue weighted by Gasteiger charge is -2.19. The predicted molar refractivity (Wildman–Crippen MR) is 75.9 cm³/mol. The van der Waals surface area contributed by atoms with Crippen LogP contribution in [0.4, 0.5) is 5.69 Å². The van der Waals surface area contributed by atoms with Gasteiger partial charge >= 0.3 is 0 Å². The first-order valence-corrected chi connectivity index (χ1v) is 6.36. The molecule has 0 aliphatic rings. The Morgan fingerprint density at radius 3 is 2.56 bits per heavy atom. The van der Waals surface area contributed by atoms with Crippen LogP contribution in [0, 0.1) is 0 Å². The fourth-order valence-corrected chi connectivity index (χ4v) is 1.53. The second-order valence-electron chi connectivity index (χ2n) is 4.64. The summed E-state index contributed by atoms with van der Waals surface area (Å²) in [6.45, 7) is 5.89. The zero-order chi connectivity index (χ0) is 13.4. The molecule has 18 heavy (non-hydrogen) atoms. The van der Waals surface area contributed by atoms with Crippen LogP contribution >= 0.6 is 0 Å². The molecule has 1 rings (SSSR count). The molecule has 1 aromatic carbocycles. The van der Waals surface area contributed by atoms with Gasteiger partial charge in [-0.05, 0) is 12.1 Å². The lowest BCUT2D eigenvalue weighted by Crippen LogP contribution is -2.39. The van der Waals surface area contributed by atoms with Gasteiger partial charge in [0.2, 0.25) is 5.91 Å². The number of carbonyl (C=O) groups is 1. The van der Waals surface area contributed by atoms with Crippen molar-refractivity contribution < 1.29 is 4.79 Å². The molecule has 0 fully saturated rings. The molecule has 2 N–H and O–H groups in total. The Bertz CT molecular complexity index is 351. The highest BCUT2D eigenvalue weighted by Crippen LogP contribution is 2.09. The second kappa shape index (κ2) is 7.71. The fourth-order valence-electron chi connectivity index (χ4n) is 1.53. The van der Waals surface area contributed by atoms with Crippen molar-refractivity contribution >= 4 is 11.6 Å². The number of para-hydroxylation sites is 1. The molecule has 0 unspecified atom stereocenters. The predicted octanol–water partition coefficient (Wildman–Crippen LogP) is 1.24. The number of nitrogens with zero attached hydrogens (tertiary/aromatic N) is 1. The Morgan fingerprint density at radius 1 is 1.28 bits per heavy atom. The summed E-state index contributed by atoms with van der Waals surface area (Å²) in [5.41, 5.74) is 1.16. The lowest BCUT2D eigenvalue weighted by molar-refractivity contribution is -0.120. The average molecular weight is 249 g/mol. The third kappa shape index (κ3) is 5.68. The van der Waals surface area contributed by atoms with E-state index in [1.54, 1.807) is 0 Å². The summed E-state index contributed by atoms with van der Waals surface area (Å²) in [4.78, 5) is 13.6. The van der Waals surface area contributed by atoms with E-state index in [0.29, 0.717) is 19.1 Å². The minimum absolute atomic E-state index is 0.0464. The van der Waals surface area contributed by atoms with E-state index in [4.69, 9.17) is 0 Å². The van der Waals surface area contributed by atoms with Crippen molar-refractivity contribution in [1.29, 1.82) is 0 Å². The van der Waals surface area contributed by atoms with E-state index in [2.05, 4.69) is 27.7 Å². The average Bonchev–Trinajstić information content (AvgIpc) is 2.37. The quantitative estimate of drug-likeness (QED) is 0.764. The molecule has 0 saturated heterocycles. The number of nitrogens with one attached hydrogen (secondary N) is 2. The van der Waals surface area contributed by atoms with Gasteiger partial charge in [-0.1, -0.05) is 32.0 Å². The summed E-state index contributed by atoms with van der Waals surface area (Å²) in [6.07, 6.45) is 0. The zero-order valence-electron chi connectivity index (χ0n) is 11.4. The first-order chi connectivity index (χ1) is 8.59. The summed E-state index contributed by atoms with van der Waals surface area (Å²) >= 11 is 0. The maximum absolute atomic E-state index is 11.5. The first kappa shape index (κ1) is 14.5. The van der Waals surface area contributed by atoms with Gasteiger partial charge in [-0.2, -0.15) is 0 Å². The molecule has 0 atom stereocenters. The Kier molecular flexibility index (Phi) is 6.22. The summed E-state index contributed by atoms with van der Waals surface area (Å²) in [7, 11) is 2.02. The number of anilines is 1. The molecule has 0 aliphatic carbocycles. The van der Waals surface area contributed by atoms with E-state index in [0.717, 1.165) is 12.2 Å². The van der Waals surface area contributed by atoms with Crippen LogP contribution in [0.3, 0.4) is 0 Å². The van der Waals surface area contributed by atoms with Crippen molar-refractivity contribution in [1.82, 2.24) is 10.6 Å². The molecule has 1 aromatic rings. The highest BCUT2D eigenvalue weighted by molar-refractivity contribution is 5.78. The smallest absolute Gasteiger partial charge is 0.234 e. The number of hydrogen-bond acceptors (Lipinski definition) is 3. The molecular formula is C14H23N3O. The second-order valence-corrected chi connectivity index (χ2v) is 4.64. The molecule has 0 bridgehead atoms. The molecule has 100 valence electrons. The minimum atomic E-state index is 0.0464. The van der Waals surface area contributed by atoms with Gasteiger partial charge in [0.15, 0.2) is 0 Å². The zero-order valence-corrected chi connectivity index (χ0v) is 11.4. The van der Waals surface area contributed by atoms with Gasteiger partial charge < -0.3 is 15.5 Å². The number of hydrogen-bond donors (Lipinski definition) is 2. The molecule has 0 radical (unpaired) electrons. The van der Waals surface area contributed by atoms with Crippen LogP contribution in [-0.2, 0) is 4.79 Å².